The lowest BCUT2D eigenvalue weighted by Crippen LogP contribution is -2.24. The number of carbonyl (C=O) groups excluding carboxylic acids is 1. The van der Waals surface area contributed by atoms with Crippen LogP contribution in [0.2, 0.25) is 0 Å². The van der Waals surface area contributed by atoms with Gasteiger partial charge in [0.2, 0.25) is 0 Å². The molecule has 0 atom stereocenters. The number of hydrazine groups is 1. The molecule has 0 aromatic carbocycles. The maximum atomic E-state index is 11.5. The predicted molar refractivity (Wildman–Crippen MR) is 59.6 cm³/mol. The lowest BCUT2D eigenvalue weighted by molar-refractivity contribution is 0.0951. The molecule has 0 radical (unpaired) electrons. The van der Waals surface area contributed by atoms with Gasteiger partial charge in [-0.05, 0) is 19.1 Å². The lowest BCUT2D eigenvalue weighted by atomic mass is 10.3. The van der Waals surface area contributed by atoms with E-state index in [0.717, 1.165) is 5.69 Å². The Labute approximate surface area is 89.5 Å². The molecule has 0 bridgehead atoms. The van der Waals surface area contributed by atoms with Crippen LogP contribution in [0, 0.1) is 0 Å². The van der Waals surface area contributed by atoms with E-state index in [4.69, 9.17) is 0 Å². The van der Waals surface area contributed by atoms with Crippen LogP contribution in [0.3, 0.4) is 0 Å². The van der Waals surface area contributed by atoms with Crippen LogP contribution in [-0.2, 0) is 0 Å². The van der Waals surface area contributed by atoms with E-state index in [-0.39, 0.29) is 5.91 Å². The van der Waals surface area contributed by atoms with E-state index in [1.54, 1.807) is 17.3 Å². The van der Waals surface area contributed by atoms with Gasteiger partial charge in [0, 0.05) is 26.8 Å². The van der Waals surface area contributed by atoms with Crippen molar-refractivity contribution in [1.29, 1.82) is 0 Å². The zero-order valence-electron chi connectivity index (χ0n) is 9.24. The Morgan fingerprint density at radius 2 is 2.27 bits per heavy atom. The van der Waals surface area contributed by atoms with Gasteiger partial charge in [0.15, 0.2) is 0 Å². The zero-order chi connectivity index (χ0) is 11.3. The first kappa shape index (κ1) is 11.5. The Balaban J connectivity index is 2.78. The fourth-order valence-corrected chi connectivity index (χ4v) is 1.13. The first-order valence-electron chi connectivity index (χ1n) is 4.81. The van der Waals surface area contributed by atoms with Crippen molar-refractivity contribution < 1.29 is 4.79 Å². The number of aromatic nitrogens is 1. The van der Waals surface area contributed by atoms with E-state index >= 15 is 0 Å². The molecule has 0 fully saturated rings. The highest BCUT2D eigenvalue weighted by molar-refractivity contribution is 5.92. The summed E-state index contributed by atoms with van der Waals surface area (Å²) in [5.41, 5.74) is 4.32. The summed E-state index contributed by atoms with van der Waals surface area (Å²) in [6, 6.07) is 3.52. The molecule has 5 heteroatoms. The van der Waals surface area contributed by atoms with Gasteiger partial charge in [-0.3, -0.25) is 9.78 Å². The molecular weight excluding hydrogens is 192 g/mol. The molecule has 0 aliphatic carbocycles. The van der Waals surface area contributed by atoms with E-state index in [1.165, 1.54) is 0 Å². The number of hydrogen-bond donors (Lipinski definition) is 2. The van der Waals surface area contributed by atoms with Gasteiger partial charge in [0.05, 0.1) is 5.69 Å². The summed E-state index contributed by atoms with van der Waals surface area (Å²) < 4.78 is 0. The average molecular weight is 208 g/mol. The minimum atomic E-state index is -0.153. The maximum absolute atomic E-state index is 11.5. The number of nitrogens with zero attached hydrogens (tertiary/aromatic N) is 2. The number of amides is 1. The molecule has 1 heterocycles. The quantitative estimate of drug-likeness (QED) is 0.716. The Kier molecular flexibility index (Phi) is 4.05. The van der Waals surface area contributed by atoms with E-state index in [9.17, 15) is 4.79 Å². The second-order valence-corrected chi connectivity index (χ2v) is 3.30. The normalized spacial score (nSPS) is 10.1. The smallest absolute Gasteiger partial charge is 0.269 e. The summed E-state index contributed by atoms with van der Waals surface area (Å²) in [5, 5.41) is 4.50. The minimum Gasteiger partial charge on any atom is -0.351 e. The summed E-state index contributed by atoms with van der Waals surface area (Å²) in [4.78, 5) is 15.5. The number of nitrogens with one attached hydrogen (secondary N) is 2. The molecule has 0 unspecified atom stereocenters. The maximum Gasteiger partial charge on any atom is 0.269 e. The SMILES string of the molecule is CCNC(=O)c1cc(NN(C)C)ccn1. The fraction of sp³-hybridized carbons (Fsp3) is 0.400. The van der Waals surface area contributed by atoms with Crippen LogP contribution in [0.15, 0.2) is 18.3 Å². The number of rotatable bonds is 4. The third kappa shape index (κ3) is 3.55. The van der Waals surface area contributed by atoms with Crippen molar-refractivity contribution in [1.82, 2.24) is 15.3 Å². The number of pyridine rings is 1. The number of carbonyl (C=O) groups is 1. The van der Waals surface area contributed by atoms with Gasteiger partial charge in [-0.15, -0.1) is 0 Å². The minimum absolute atomic E-state index is 0.153. The van der Waals surface area contributed by atoms with Crippen LogP contribution in [0.25, 0.3) is 0 Å². The van der Waals surface area contributed by atoms with Crippen LogP contribution in [0.1, 0.15) is 17.4 Å². The summed E-state index contributed by atoms with van der Waals surface area (Å²) in [6.07, 6.45) is 1.61. The highest BCUT2D eigenvalue weighted by atomic mass is 16.1. The standard InChI is InChI=1S/C10H16N4O/c1-4-11-10(15)9-7-8(5-6-12-9)13-14(2)3/h5-7H,4H2,1-3H3,(H,11,15)(H,12,13). The number of hydrogen-bond acceptors (Lipinski definition) is 4. The molecule has 2 N–H and O–H groups in total. The Morgan fingerprint density at radius 1 is 1.53 bits per heavy atom. The van der Waals surface area contributed by atoms with Gasteiger partial charge < -0.3 is 10.7 Å². The fourth-order valence-electron chi connectivity index (χ4n) is 1.13. The summed E-state index contributed by atoms with van der Waals surface area (Å²) in [6.45, 7) is 2.48. The largest absolute Gasteiger partial charge is 0.351 e. The Bertz CT molecular complexity index is 338. The third-order valence-electron chi connectivity index (χ3n) is 1.68. The van der Waals surface area contributed by atoms with Crippen molar-refractivity contribution in [2.24, 2.45) is 0 Å². The van der Waals surface area contributed by atoms with E-state index in [2.05, 4.69) is 15.7 Å². The van der Waals surface area contributed by atoms with Gasteiger partial charge in [-0.25, -0.2) is 5.01 Å². The first-order valence-corrected chi connectivity index (χ1v) is 4.81. The monoisotopic (exact) mass is 208 g/mol. The molecule has 0 spiro atoms. The average Bonchev–Trinajstić information content (AvgIpc) is 2.17. The molecule has 15 heavy (non-hydrogen) atoms. The van der Waals surface area contributed by atoms with Crippen molar-refractivity contribution in [3.8, 4) is 0 Å². The van der Waals surface area contributed by atoms with E-state index in [1.807, 2.05) is 27.1 Å². The molecule has 1 amide bonds. The molecule has 0 saturated carbocycles. The molecular formula is C10H16N4O. The first-order chi connectivity index (χ1) is 7.13. The van der Waals surface area contributed by atoms with Gasteiger partial charge in [0.1, 0.15) is 5.69 Å². The zero-order valence-corrected chi connectivity index (χ0v) is 9.24. The van der Waals surface area contributed by atoms with Gasteiger partial charge >= 0.3 is 0 Å². The van der Waals surface area contributed by atoms with Crippen LogP contribution in [-0.4, -0.2) is 36.5 Å². The molecule has 1 aromatic heterocycles. The summed E-state index contributed by atoms with van der Waals surface area (Å²) in [7, 11) is 3.76. The molecule has 1 aromatic rings. The van der Waals surface area contributed by atoms with Crippen molar-refractivity contribution in [3.05, 3.63) is 24.0 Å². The second-order valence-electron chi connectivity index (χ2n) is 3.30. The molecule has 0 aliphatic rings. The molecule has 0 aliphatic heterocycles. The Morgan fingerprint density at radius 3 is 2.87 bits per heavy atom. The van der Waals surface area contributed by atoms with Gasteiger partial charge in [-0.2, -0.15) is 0 Å². The van der Waals surface area contributed by atoms with Crippen molar-refractivity contribution >= 4 is 11.6 Å². The molecule has 5 nitrogen and oxygen atoms in total. The van der Waals surface area contributed by atoms with Crippen LogP contribution in [0.4, 0.5) is 5.69 Å². The van der Waals surface area contributed by atoms with Crippen molar-refractivity contribution in [3.63, 3.8) is 0 Å². The van der Waals surface area contributed by atoms with Crippen LogP contribution < -0.4 is 10.7 Å². The van der Waals surface area contributed by atoms with Gasteiger partial charge in [-0.1, -0.05) is 0 Å². The predicted octanol–water partition coefficient (Wildman–Crippen LogP) is 0.720. The lowest BCUT2D eigenvalue weighted by Gasteiger charge is -2.13. The summed E-state index contributed by atoms with van der Waals surface area (Å²) >= 11 is 0. The van der Waals surface area contributed by atoms with Crippen molar-refractivity contribution in [2.75, 3.05) is 26.1 Å². The molecule has 82 valence electrons. The topological polar surface area (TPSA) is 57.3 Å². The van der Waals surface area contributed by atoms with Crippen LogP contribution >= 0.6 is 0 Å². The van der Waals surface area contributed by atoms with Gasteiger partial charge in [0.25, 0.3) is 5.91 Å². The van der Waals surface area contributed by atoms with E-state index < -0.39 is 0 Å². The molecule has 1 rings (SSSR count). The third-order valence-corrected chi connectivity index (χ3v) is 1.68. The molecule has 0 saturated heterocycles. The summed E-state index contributed by atoms with van der Waals surface area (Å²) in [5.74, 6) is -0.153. The highest BCUT2D eigenvalue weighted by Crippen LogP contribution is 2.07. The highest BCUT2D eigenvalue weighted by Gasteiger charge is 2.06. The second kappa shape index (κ2) is 5.31. The Hall–Kier alpha value is -1.62. The van der Waals surface area contributed by atoms with Crippen LogP contribution in [0.5, 0.6) is 0 Å². The van der Waals surface area contributed by atoms with E-state index in [0.29, 0.717) is 12.2 Å². The van der Waals surface area contributed by atoms with Crippen molar-refractivity contribution in [2.45, 2.75) is 6.92 Å². The number of anilines is 1.